The van der Waals surface area contributed by atoms with Crippen LogP contribution in [0.2, 0.25) is 0 Å². The summed E-state index contributed by atoms with van der Waals surface area (Å²) in [6, 6.07) is 5.54. The van der Waals surface area contributed by atoms with Crippen molar-refractivity contribution in [2.45, 2.75) is 39.4 Å². The van der Waals surface area contributed by atoms with Gasteiger partial charge in [0, 0.05) is 6.54 Å². The van der Waals surface area contributed by atoms with E-state index in [1.165, 1.54) is 0 Å². The molecule has 0 radical (unpaired) electrons. The number of nitrogens with two attached hydrogens (primary N) is 1. The number of anilines is 1. The van der Waals surface area contributed by atoms with Crippen molar-refractivity contribution in [2.24, 2.45) is 0 Å². The van der Waals surface area contributed by atoms with Crippen LogP contribution in [0.15, 0.2) is 18.2 Å². The summed E-state index contributed by atoms with van der Waals surface area (Å²) < 4.78 is 15.9. The van der Waals surface area contributed by atoms with Crippen LogP contribution in [0.25, 0.3) is 0 Å². The van der Waals surface area contributed by atoms with Crippen LogP contribution in [0.3, 0.4) is 0 Å². The molecule has 1 aromatic carbocycles. The minimum Gasteiger partial charge on any atom is -0.495 e. The molecule has 0 bridgehead atoms. The molecule has 0 aliphatic carbocycles. The molecule has 0 saturated heterocycles. The molecule has 1 aromatic rings. The van der Waals surface area contributed by atoms with Crippen molar-refractivity contribution in [3.05, 3.63) is 23.8 Å². The lowest BCUT2D eigenvalue weighted by Crippen LogP contribution is -2.34. The Labute approximate surface area is 131 Å². The second kappa shape index (κ2) is 7.89. The lowest BCUT2D eigenvalue weighted by Gasteiger charge is -2.20. The summed E-state index contributed by atoms with van der Waals surface area (Å²) >= 11 is 0. The summed E-state index contributed by atoms with van der Waals surface area (Å²) in [5.74, 6) is 0.641. The first kappa shape index (κ1) is 18.1. The van der Waals surface area contributed by atoms with Crippen LogP contribution >= 0.6 is 0 Å². The predicted octanol–water partition coefficient (Wildman–Crippen LogP) is 2.88. The highest BCUT2D eigenvalue weighted by atomic mass is 16.6. The lowest BCUT2D eigenvalue weighted by atomic mass is 10.1. The molecule has 0 spiro atoms. The largest absolute Gasteiger partial charge is 0.495 e. The monoisotopic (exact) mass is 310 g/mol. The van der Waals surface area contributed by atoms with E-state index >= 15 is 0 Å². The fraction of sp³-hybridized carbons (Fsp3) is 0.562. The van der Waals surface area contributed by atoms with E-state index in [0.29, 0.717) is 24.6 Å². The van der Waals surface area contributed by atoms with Crippen LogP contribution in [0.5, 0.6) is 5.75 Å². The number of hydrogen-bond acceptors (Lipinski definition) is 5. The van der Waals surface area contributed by atoms with Crippen molar-refractivity contribution in [3.8, 4) is 5.75 Å². The van der Waals surface area contributed by atoms with Gasteiger partial charge in [-0.2, -0.15) is 0 Å². The molecular formula is C16H26N2O4. The van der Waals surface area contributed by atoms with Gasteiger partial charge >= 0.3 is 6.09 Å². The number of benzene rings is 1. The van der Waals surface area contributed by atoms with Gasteiger partial charge in [0.2, 0.25) is 0 Å². The normalized spacial score (nSPS) is 12.6. The minimum atomic E-state index is -0.501. The predicted molar refractivity (Wildman–Crippen MR) is 86.0 cm³/mol. The van der Waals surface area contributed by atoms with Gasteiger partial charge in [-0.15, -0.1) is 0 Å². The van der Waals surface area contributed by atoms with Crippen molar-refractivity contribution < 1.29 is 19.0 Å². The molecular weight excluding hydrogens is 284 g/mol. The number of ether oxygens (including phenoxy) is 3. The lowest BCUT2D eigenvalue weighted by molar-refractivity contribution is 0.0432. The molecule has 0 aliphatic heterocycles. The third-order valence-electron chi connectivity index (χ3n) is 2.86. The maximum atomic E-state index is 11.5. The van der Waals surface area contributed by atoms with E-state index in [2.05, 4.69) is 5.32 Å². The van der Waals surface area contributed by atoms with E-state index in [0.717, 1.165) is 5.56 Å². The van der Waals surface area contributed by atoms with E-state index in [-0.39, 0.29) is 6.10 Å². The SMILES string of the molecule is COc1ccc(C(C)OCCNC(=O)OC(C)(C)C)cc1N. The Hall–Kier alpha value is -1.95. The standard InChI is InChI=1S/C16H26N2O4/c1-11(12-6-7-14(20-5)13(17)10-12)21-9-8-18-15(19)22-16(2,3)4/h6-7,10-11H,8-9,17H2,1-5H3,(H,18,19). The summed E-state index contributed by atoms with van der Waals surface area (Å²) in [5.41, 5.74) is 6.89. The average Bonchev–Trinajstić information content (AvgIpc) is 2.41. The third-order valence-corrected chi connectivity index (χ3v) is 2.86. The first-order chi connectivity index (χ1) is 10.2. The Morgan fingerprint density at radius 1 is 1.36 bits per heavy atom. The van der Waals surface area contributed by atoms with Gasteiger partial charge in [0.1, 0.15) is 11.4 Å². The van der Waals surface area contributed by atoms with Crippen molar-refractivity contribution >= 4 is 11.8 Å². The smallest absolute Gasteiger partial charge is 0.407 e. The van der Waals surface area contributed by atoms with Gasteiger partial charge in [0.15, 0.2) is 0 Å². The van der Waals surface area contributed by atoms with Crippen molar-refractivity contribution in [3.63, 3.8) is 0 Å². The zero-order valence-electron chi connectivity index (χ0n) is 13.9. The maximum absolute atomic E-state index is 11.5. The highest BCUT2D eigenvalue weighted by molar-refractivity contribution is 5.67. The maximum Gasteiger partial charge on any atom is 0.407 e. The number of methoxy groups -OCH3 is 1. The Morgan fingerprint density at radius 3 is 2.59 bits per heavy atom. The van der Waals surface area contributed by atoms with E-state index in [1.54, 1.807) is 7.11 Å². The zero-order chi connectivity index (χ0) is 16.8. The van der Waals surface area contributed by atoms with Crippen LogP contribution < -0.4 is 15.8 Å². The van der Waals surface area contributed by atoms with Gasteiger partial charge in [-0.1, -0.05) is 6.07 Å². The second-order valence-electron chi connectivity index (χ2n) is 5.94. The number of nitrogens with one attached hydrogen (secondary N) is 1. The topological polar surface area (TPSA) is 82.8 Å². The summed E-state index contributed by atoms with van der Waals surface area (Å²) in [6.07, 6.45) is -0.578. The molecule has 0 aliphatic rings. The van der Waals surface area contributed by atoms with Gasteiger partial charge in [0.25, 0.3) is 0 Å². The summed E-state index contributed by atoms with van der Waals surface area (Å²) in [5, 5.41) is 2.64. The van der Waals surface area contributed by atoms with E-state index < -0.39 is 11.7 Å². The molecule has 0 heterocycles. The highest BCUT2D eigenvalue weighted by Gasteiger charge is 2.15. The molecule has 6 nitrogen and oxygen atoms in total. The van der Waals surface area contributed by atoms with Gasteiger partial charge in [-0.05, 0) is 45.4 Å². The van der Waals surface area contributed by atoms with Gasteiger partial charge < -0.3 is 25.3 Å². The molecule has 124 valence electrons. The second-order valence-corrected chi connectivity index (χ2v) is 5.94. The van der Waals surface area contributed by atoms with Crippen molar-refractivity contribution in [1.82, 2.24) is 5.32 Å². The summed E-state index contributed by atoms with van der Waals surface area (Å²) in [6.45, 7) is 8.14. The number of carbonyl (C=O) groups is 1. The van der Waals surface area contributed by atoms with E-state index in [4.69, 9.17) is 19.9 Å². The number of amides is 1. The Bertz CT molecular complexity index is 497. The Morgan fingerprint density at radius 2 is 2.05 bits per heavy atom. The average molecular weight is 310 g/mol. The number of nitrogen functional groups attached to an aromatic ring is 1. The first-order valence-electron chi connectivity index (χ1n) is 7.25. The molecule has 3 N–H and O–H groups in total. The van der Waals surface area contributed by atoms with E-state index in [1.807, 2.05) is 45.9 Å². The molecule has 1 atom stereocenters. The minimum absolute atomic E-state index is 0.131. The van der Waals surface area contributed by atoms with Gasteiger partial charge in [-0.25, -0.2) is 4.79 Å². The molecule has 22 heavy (non-hydrogen) atoms. The number of rotatable bonds is 6. The molecule has 1 amide bonds. The van der Waals surface area contributed by atoms with Crippen LogP contribution in [-0.4, -0.2) is 32.0 Å². The van der Waals surface area contributed by atoms with Crippen LogP contribution in [0.4, 0.5) is 10.5 Å². The number of hydrogen-bond donors (Lipinski definition) is 2. The molecule has 0 fully saturated rings. The number of carbonyl (C=O) groups excluding carboxylic acids is 1. The Kier molecular flexibility index (Phi) is 6.49. The molecule has 0 saturated carbocycles. The third kappa shape index (κ3) is 6.22. The van der Waals surface area contributed by atoms with Gasteiger partial charge in [-0.3, -0.25) is 0 Å². The Balaban J connectivity index is 2.36. The number of alkyl carbamates (subject to hydrolysis) is 1. The summed E-state index contributed by atoms with van der Waals surface area (Å²) in [4.78, 5) is 11.5. The molecule has 1 rings (SSSR count). The van der Waals surface area contributed by atoms with Crippen LogP contribution in [0, 0.1) is 0 Å². The summed E-state index contributed by atoms with van der Waals surface area (Å²) in [7, 11) is 1.58. The van der Waals surface area contributed by atoms with Crippen LogP contribution in [-0.2, 0) is 9.47 Å². The zero-order valence-corrected chi connectivity index (χ0v) is 13.9. The van der Waals surface area contributed by atoms with Crippen molar-refractivity contribution in [1.29, 1.82) is 0 Å². The fourth-order valence-electron chi connectivity index (χ4n) is 1.80. The van der Waals surface area contributed by atoms with E-state index in [9.17, 15) is 4.79 Å². The first-order valence-corrected chi connectivity index (χ1v) is 7.25. The quantitative estimate of drug-likeness (QED) is 0.623. The molecule has 6 heteroatoms. The van der Waals surface area contributed by atoms with Crippen molar-refractivity contribution in [2.75, 3.05) is 26.0 Å². The fourth-order valence-corrected chi connectivity index (χ4v) is 1.80. The molecule has 0 aromatic heterocycles. The van der Waals surface area contributed by atoms with Crippen LogP contribution in [0.1, 0.15) is 39.4 Å². The van der Waals surface area contributed by atoms with Gasteiger partial charge in [0.05, 0.1) is 25.5 Å². The highest BCUT2D eigenvalue weighted by Crippen LogP contribution is 2.26. The molecule has 1 unspecified atom stereocenters.